The number of halogens is 1. The van der Waals surface area contributed by atoms with Crippen LogP contribution in [0.15, 0.2) is 0 Å². The van der Waals surface area contributed by atoms with Gasteiger partial charge in [-0.05, 0) is 13.3 Å². The zero-order valence-electron chi connectivity index (χ0n) is 10.1. The third kappa shape index (κ3) is 3.77. The minimum atomic E-state index is 0.494. The normalized spacial score (nSPS) is 11.0. The highest BCUT2D eigenvalue weighted by molar-refractivity contribution is 6.30. The van der Waals surface area contributed by atoms with Gasteiger partial charge in [-0.1, -0.05) is 18.5 Å². The molecule has 0 spiro atoms. The van der Waals surface area contributed by atoms with Gasteiger partial charge in [-0.2, -0.15) is 5.10 Å². The summed E-state index contributed by atoms with van der Waals surface area (Å²) in [6, 6.07) is 0. The molecule has 0 saturated carbocycles. The fraction of sp³-hybridized carbons (Fsp3) is 0.727. The molecule has 0 bridgehead atoms. The van der Waals surface area contributed by atoms with Gasteiger partial charge in [0.15, 0.2) is 0 Å². The highest BCUT2D eigenvalue weighted by Gasteiger charge is 2.10. The Morgan fingerprint density at radius 3 is 2.50 bits per heavy atom. The molecule has 0 N–H and O–H groups in total. The second-order valence-corrected chi connectivity index (χ2v) is 4.00. The van der Waals surface area contributed by atoms with Crippen LogP contribution in [0.3, 0.4) is 0 Å². The summed E-state index contributed by atoms with van der Waals surface area (Å²) in [5, 5.41) is 4.86. The van der Waals surface area contributed by atoms with Crippen LogP contribution in [-0.4, -0.2) is 29.6 Å². The van der Waals surface area contributed by atoms with Gasteiger partial charge in [0.05, 0.1) is 25.5 Å². The van der Waals surface area contributed by atoms with Crippen molar-refractivity contribution < 1.29 is 9.47 Å². The summed E-state index contributed by atoms with van der Waals surface area (Å²) >= 11 is 6.07. The fourth-order valence-corrected chi connectivity index (χ4v) is 1.61. The first-order valence-corrected chi connectivity index (χ1v) is 5.88. The quantitative estimate of drug-likeness (QED) is 0.693. The van der Waals surface area contributed by atoms with E-state index in [1.54, 1.807) is 4.68 Å². The molecular weight excluding hydrogens is 228 g/mol. The minimum Gasteiger partial charge on any atom is -0.379 e. The standard InChI is InChI=1S/C11H19ClN2O2/c1-4-5-15-6-7-16-8-10-9(2)13-14(3)11(10)12/h4-8H2,1-3H3. The van der Waals surface area contributed by atoms with Crippen molar-refractivity contribution in [1.82, 2.24) is 9.78 Å². The molecular formula is C11H19ClN2O2. The van der Waals surface area contributed by atoms with E-state index in [4.69, 9.17) is 21.1 Å². The maximum absolute atomic E-state index is 6.07. The predicted molar refractivity (Wildman–Crippen MR) is 63.7 cm³/mol. The van der Waals surface area contributed by atoms with E-state index < -0.39 is 0 Å². The lowest BCUT2D eigenvalue weighted by Gasteiger charge is -2.04. The van der Waals surface area contributed by atoms with Crippen LogP contribution in [0.4, 0.5) is 0 Å². The van der Waals surface area contributed by atoms with E-state index in [1.807, 2.05) is 14.0 Å². The first kappa shape index (κ1) is 13.5. The Bertz CT molecular complexity index is 326. The van der Waals surface area contributed by atoms with Crippen LogP contribution in [0.2, 0.25) is 5.15 Å². The van der Waals surface area contributed by atoms with Gasteiger partial charge in [-0.15, -0.1) is 0 Å². The molecule has 0 radical (unpaired) electrons. The average Bonchev–Trinajstić information content (AvgIpc) is 2.49. The van der Waals surface area contributed by atoms with Crippen molar-refractivity contribution in [1.29, 1.82) is 0 Å². The number of hydrogen-bond donors (Lipinski definition) is 0. The number of aromatic nitrogens is 2. The van der Waals surface area contributed by atoms with Gasteiger partial charge in [0.2, 0.25) is 0 Å². The SMILES string of the molecule is CCCOCCOCc1c(C)nn(C)c1Cl. The summed E-state index contributed by atoms with van der Waals surface area (Å²) in [6.45, 7) is 6.51. The zero-order valence-corrected chi connectivity index (χ0v) is 10.9. The van der Waals surface area contributed by atoms with Crippen LogP contribution in [-0.2, 0) is 23.1 Å². The van der Waals surface area contributed by atoms with Gasteiger partial charge >= 0.3 is 0 Å². The molecule has 1 aromatic rings. The largest absolute Gasteiger partial charge is 0.379 e. The van der Waals surface area contributed by atoms with Crippen molar-refractivity contribution in [2.75, 3.05) is 19.8 Å². The number of aryl methyl sites for hydroxylation is 2. The van der Waals surface area contributed by atoms with E-state index >= 15 is 0 Å². The molecule has 92 valence electrons. The van der Waals surface area contributed by atoms with Crippen LogP contribution in [0.5, 0.6) is 0 Å². The summed E-state index contributed by atoms with van der Waals surface area (Å²) < 4.78 is 12.4. The van der Waals surface area contributed by atoms with Crippen LogP contribution in [0, 0.1) is 6.92 Å². The molecule has 0 atom stereocenters. The zero-order chi connectivity index (χ0) is 12.0. The highest BCUT2D eigenvalue weighted by atomic mass is 35.5. The van der Waals surface area contributed by atoms with Crippen molar-refractivity contribution in [3.8, 4) is 0 Å². The first-order chi connectivity index (χ1) is 7.66. The van der Waals surface area contributed by atoms with Crippen molar-refractivity contribution in [2.45, 2.75) is 26.9 Å². The van der Waals surface area contributed by atoms with Gasteiger partial charge < -0.3 is 9.47 Å². The lowest BCUT2D eigenvalue weighted by Crippen LogP contribution is -2.05. The number of ether oxygens (including phenoxy) is 2. The van der Waals surface area contributed by atoms with E-state index in [-0.39, 0.29) is 0 Å². The van der Waals surface area contributed by atoms with E-state index in [0.717, 1.165) is 24.3 Å². The van der Waals surface area contributed by atoms with Gasteiger partial charge in [-0.3, -0.25) is 4.68 Å². The second-order valence-electron chi connectivity index (χ2n) is 3.64. The summed E-state index contributed by atoms with van der Waals surface area (Å²) in [4.78, 5) is 0. The lowest BCUT2D eigenvalue weighted by atomic mass is 10.3. The molecule has 4 nitrogen and oxygen atoms in total. The Morgan fingerprint density at radius 1 is 1.25 bits per heavy atom. The van der Waals surface area contributed by atoms with Crippen LogP contribution in [0.25, 0.3) is 0 Å². The third-order valence-corrected chi connectivity index (χ3v) is 2.71. The predicted octanol–water partition coefficient (Wildman–Crippen LogP) is 2.33. The highest BCUT2D eigenvalue weighted by Crippen LogP contribution is 2.19. The molecule has 0 unspecified atom stereocenters. The maximum Gasteiger partial charge on any atom is 0.132 e. The molecule has 1 aromatic heterocycles. The van der Waals surface area contributed by atoms with Crippen molar-refractivity contribution in [3.63, 3.8) is 0 Å². The molecule has 0 aliphatic rings. The van der Waals surface area contributed by atoms with Gasteiger partial charge in [0.1, 0.15) is 5.15 Å². The molecule has 0 aliphatic heterocycles. The van der Waals surface area contributed by atoms with Gasteiger partial charge in [0, 0.05) is 19.2 Å². The molecule has 0 fully saturated rings. The molecule has 1 rings (SSSR count). The van der Waals surface area contributed by atoms with Crippen molar-refractivity contribution in [2.24, 2.45) is 7.05 Å². The second kappa shape index (κ2) is 6.89. The number of hydrogen-bond acceptors (Lipinski definition) is 3. The third-order valence-electron chi connectivity index (χ3n) is 2.24. The van der Waals surface area contributed by atoms with Crippen LogP contribution < -0.4 is 0 Å². The van der Waals surface area contributed by atoms with E-state index in [0.29, 0.717) is 25.0 Å². The Kier molecular flexibility index (Phi) is 5.80. The maximum atomic E-state index is 6.07. The van der Waals surface area contributed by atoms with Gasteiger partial charge in [0.25, 0.3) is 0 Å². The molecule has 16 heavy (non-hydrogen) atoms. The van der Waals surface area contributed by atoms with E-state index in [2.05, 4.69) is 12.0 Å². The summed E-state index contributed by atoms with van der Waals surface area (Å²) in [5.41, 5.74) is 1.88. The van der Waals surface area contributed by atoms with Crippen molar-refractivity contribution >= 4 is 11.6 Å². The Labute approximate surface area is 101 Å². The Morgan fingerprint density at radius 2 is 1.94 bits per heavy atom. The summed E-state index contributed by atoms with van der Waals surface area (Å²) in [7, 11) is 1.82. The summed E-state index contributed by atoms with van der Waals surface area (Å²) in [5.74, 6) is 0. The molecule has 0 aliphatic carbocycles. The fourth-order valence-electron chi connectivity index (χ4n) is 1.38. The Balaban J connectivity index is 2.26. The lowest BCUT2D eigenvalue weighted by molar-refractivity contribution is 0.0407. The minimum absolute atomic E-state index is 0.494. The summed E-state index contributed by atoms with van der Waals surface area (Å²) in [6.07, 6.45) is 1.04. The molecule has 0 saturated heterocycles. The molecule has 0 aromatic carbocycles. The van der Waals surface area contributed by atoms with E-state index in [1.165, 1.54) is 0 Å². The molecule has 0 amide bonds. The van der Waals surface area contributed by atoms with E-state index in [9.17, 15) is 0 Å². The molecule has 1 heterocycles. The van der Waals surface area contributed by atoms with Crippen LogP contribution in [0.1, 0.15) is 24.6 Å². The first-order valence-electron chi connectivity index (χ1n) is 5.50. The molecule has 5 heteroatoms. The monoisotopic (exact) mass is 246 g/mol. The van der Waals surface area contributed by atoms with Gasteiger partial charge in [-0.25, -0.2) is 0 Å². The topological polar surface area (TPSA) is 36.3 Å². The van der Waals surface area contributed by atoms with Crippen molar-refractivity contribution in [3.05, 3.63) is 16.4 Å². The average molecular weight is 247 g/mol. The van der Waals surface area contributed by atoms with Crippen LogP contribution >= 0.6 is 11.6 Å². The number of nitrogens with zero attached hydrogens (tertiary/aromatic N) is 2. The Hall–Kier alpha value is -0.580. The smallest absolute Gasteiger partial charge is 0.132 e. The number of rotatable bonds is 7.